The van der Waals surface area contributed by atoms with Gasteiger partial charge in [0.05, 0.1) is 5.69 Å². The zero-order valence-electron chi connectivity index (χ0n) is 9.32. The molecule has 2 aromatic heterocycles. The molecule has 0 bridgehead atoms. The number of H-pyrrole nitrogens is 1. The molecule has 3 N–H and O–H groups in total. The Morgan fingerprint density at radius 2 is 2.31 bits per heavy atom. The molecule has 0 aliphatic heterocycles. The van der Waals surface area contributed by atoms with Crippen LogP contribution in [0, 0.1) is 0 Å². The number of aryl methyl sites for hydroxylation is 1. The highest BCUT2D eigenvalue weighted by molar-refractivity contribution is 5.67. The Bertz CT molecular complexity index is 568. The number of nitrogens with one attached hydrogen (secondary N) is 1. The third-order valence-corrected chi connectivity index (χ3v) is 2.60. The number of anilines is 1. The van der Waals surface area contributed by atoms with Gasteiger partial charge in [-0.2, -0.15) is 5.10 Å². The molecule has 0 unspecified atom stereocenters. The smallest absolute Gasteiger partial charge is 0.248 e. The first-order valence-corrected chi connectivity index (χ1v) is 5.14. The number of aromatic amines is 1. The lowest BCUT2D eigenvalue weighted by molar-refractivity contribution is 0.781. The molecule has 0 aromatic carbocycles. The molecule has 0 aliphatic rings. The van der Waals surface area contributed by atoms with Crippen LogP contribution in [0.3, 0.4) is 0 Å². The minimum atomic E-state index is -0.135. The van der Waals surface area contributed by atoms with Crippen LogP contribution in [-0.2, 0) is 13.5 Å². The second-order valence-electron chi connectivity index (χ2n) is 3.63. The summed E-state index contributed by atoms with van der Waals surface area (Å²) in [6.07, 6.45) is 2.41. The zero-order chi connectivity index (χ0) is 11.7. The molecular weight excluding hydrogens is 204 g/mol. The Hall–Kier alpha value is -2.04. The summed E-state index contributed by atoms with van der Waals surface area (Å²) in [5.41, 5.74) is 8.33. The number of nitrogens with zero attached hydrogens (tertiary/aromatic N) is 2. The lowest BCUT2D eigenvalue weighted by Crippen LogP contribution is -2.02. The maximum Gasteiger partial charge on any atom is 0.248 e. The molecule has 16 heavy (non-hydrogen) atoms. The van der Waals surface area contributed by atoms with Gasteiger partial charge in [0.2, 0.25) is 5.56 Å². The molecule has 0 atom stereocenters. The lowest BCUT2D eigenvalue weighted by atomic mass is 10.1. The van der Waals surface area contributed by atoms with Gasteiger partial charge in [-0.05, 0) is 12.5 Å². The van der Waals surface area contributed by atoms with Crippen molar-refractivity contribution in [1.29, 1.82) is 0 Å². The first-order valence-electron chi connectivity index (χ1n) is 5.14. The van der Waals surface area contributed by atoms with Crippen LogP contribution in [-0.4, -0.2) is 14.8 Å². The molecule has 0 radical (unpaired) electrons. The van der Waals surface area contributed by atoms with Crippen molar-refractivity contribution in [3.63, 3.8) is 0 Å². The van der Waals surface area contributed by atoms with Gasteiger partial charge in [0, 0.05) is 30.4 Å². The lowest BCUT2D eigenvalue weighted by Gasteiger charge is -1.99. The molecule has 0 aliphatic carbocycles. The predicted octanol–water partition coefficient (Wildman–Crippen LogP) is 0.920. The van der Waals surface area contributed by atoms with Crippen molar-refractivity contribution in [2.75, 3.05) is 5.73 Å². The van der Waals surface area contributed by atoms with E-state index >= 15 is 0 Å². The Kier molecular flexibility index (Phi) is 2.52. The molecule has 2 rings (SSSR count). The van der Waals surface area contributed by atoms with Gasteiger partial charge in [0.15, 0.2) is 0 Å². The predicted molar refractivity (Wildman–Crippen MR) is 63.1 cm³/mol. The van der Waals surface area contributed by atoms with Gasteiger partial charge in [0.1, 0.15) is 5.82 Å². The van der Waals surface area contributed by atoms with Crippen molar-refractivity contribution in [3.8, 4) is 11.3 Å². The van der Waals surface area contributed by atoms with E-state index in [0.29, 0.717) is 5.82 Å². The third-order valence-electron chi connectivity index (χ3n) is 2.60. The largest absolute Gasteiger partial charge is 0.384 e. The summed E-state index contributed by atoms with van der Waals surface area (Å²) < 4.78 is 1.63. The first kappa shape index (κ1) is 10.5. The fraction of sp³-hybridized carbons (Fsp3) is 0.273. The molecule has 0 spiro atoms. The van der Waals surface area contributed by atoms with Crippen LogP contribution in [0.5, 0.6) is 0 Å². The second-order valence-corrected chi connectivity index (χ2v) is 3.63. The van der Waals surface area contributed by atoms with E-state index in [1.54, 1.807) is 17.9 Å². The summed E-state index contributed by atoms with van der Waals surface area (Å²) in [5.74, 6) is 0.651. The van der Waals surface area contributed by atoms with Crippen LogP contribution >= 0.6 is 0 Å². The quantitative estimate of drug-likeness (QED) is 0.786. The molecule has 0 saturated carbocycles. The Labute approximate surface area is 92.9 Å². The van der Waals surface area contributed by atoms with Crippen LogP contribution in [0.2, 0.25) is 0 Å². The van der Waals surface area contributed by atoms with Crippen molar-refractivity contribution < 1.29 is 0 Å². The normalized spacial score (nSPS) is 10.6. The molecule has 0 saturated heterocycles. The third kappa shape index (κ3) is 1.60. The van der Waals surface area contributed by atoms with E-state index < -0.39 is 0 Å². The Morgan fingerprint density at radius 1 is 1.56 bits per heavy atom. The van der Waals surface area contributed by atoms with Gasteiger partial charge in [-0.3, -0.25) is 9.48 Å². The molecular formula is C11H14N4O. The van der Waals surface area contributed by atoms with E-state index in [4.69, 9.17) is 5.73 Å². The SMILES string of the molecule is CCc1c(-c2cc[nH]c(=O)c2)nn(C)c1N. The monoisotopic (exact) mass is 218 g/mol. The van der Waals surface area contributed by atoms with Crippen LogP contribution in [0.25, 0.3) is 11.3 Å². The number of nitrogens with two attached hydrogens (primary N) is 1. The summed E-state index contributed by atoms with van der Waals surface area (Å²) >= 11 is 0. The van der Waals surface area contributed by atoms with Crippen molar-refractivity contribution in [3.05, 3.63) is 34.2 Å². The number of hydrogen-bond donors (Lipinski definition) is 2. The number of hydrogen-bond acceptors (Lipinski definition) is 3. The Balaban J connectivity index is 2.64. The number of nitrogen functional groups attached to an aromatic ring is 1. The maximum atomic E-state index is 11.2. The fourth-order valence-electron chi connectivity index (χ4n) is 1.75. The van der Waals surface area contributed by atoms with Crippen LogP contribution in [0.1, 0.15) is 12.5 Å². The molecule has 0 amide bonds. The van der Waals surface area contributed by atoms with E-state index in [1.807, 2.05) is 13.0 Å². The molecule has 0 fully saturated rings. The fourth-order valence-corrected chi connectivity index (χ4v) is 1.75. The molecule has 2 aromatic rings. The summed E-state index contributed by atoms with van der Waals surface area (Å²) in [6, 6.07) is 3.35. The van der Waals surface area contributed by atoms with E-state index in [0.717, 1.165) is 23.2 Å². The average molecular weight is 218 g/mol. The van der Waals surface area contributed by atoms with E-state index in [2.05, 4.69) is 10.1 Å². The summed E-state index contributed by atoms with van der Waals surface area (Å²) in [7, 11) is 1.80. The van der Waals surface area contributed by atoms with Gasteiger partial charge in [-0.1, -0.05) is 6.92 Å². The molecule has 5 nitrogen and oxygen atoms in total. The highest BCUT2D eigenvalue weighted by Crippen LogP contribution is 2.25. The number of pyridine rings is 1. The Morgan fingerprint density at radius 3 is 2.94 bits per heavy atom. The first-order chi connectivity index (χ1) is 7.63. The van der Waals surface area contributed by atoms with Gasteiger partial charge < -0.3 is 10.7 Å². The van der Waals surface area contributed by atoms with E-state index in [9.17, 15) is 4.79 Å². The molecule has 5 heteroatoms. The standard InChI is InChI=1S/C11H14N4O/c1-3-8-10(14-15(2)11(8)12)7-4-5-13-9(16)6-7/h4-6H,3,12H2,1-2H3,(H,13,16). The maximum absolute atomic E-state index is 11.2. The highest BCUT2D eigenvalue weighted by atomic mass is 16.1. The second kappa shape index (κ2) is 3.84. The summed E-state index contributed by atoms with van der Waals surface area (Å²) in [4.78, 5) is 13.8. The molecule has 2 heterocycles. The van der Waals surface area contributed by atoms with Crippen molar-refractivity contribution in [1.82, 2.24) is 14.8 Å². The van der Waals surface area contributed by atoms with Crippen LogP contribution in [0.4, 0.5) is 5.82 Å². The minimum absolute atomic E-state index is 0.135. The highest BCUT2D eigenvalue weighted by Gasteiger charge is 2.13. The van der Waals surface area contributed by atoms with Crippen molar-refractivity contribution >= 4 is 5.82 Å². The average Bonchev–Trinajstić information content (AvgIpc) is 2.55. The summed E-state index contributed by atoms with van der Waals surface area (Å²) in [6.45, 7) is 2.02. The topological polar surface area (TPSA) is 76.7 Å². The van der Waals surface area contributed by atoms with Crippen LogP contribution in [0.15, 0.2) is 23.1 Å². The van der Waals surface area contributed by atoms with Crippen LogP contribution < -0.4 is 11.3 Å². The van der Waals surface area contributed by atoms with Gasteiger partial charge in [-0.25, -0.2) is 0 Å². The number of rotatable bonds is 2. The minimum Gasteiger partial charge on any atom is -0.384 e. The van der Waals surface area contributed by atoms with Gasteiger partial charge >= 0.3 is 0 Å². The summed E-state index contributed by atoms with van der Waals surface area (Å²) in [5, 5.41) is 4.33. The van der Waals surface area contributed by atoms with Gasteiger partial charge in [0.25, 0.3) is 0 Å². The van der Waals surface area contributed by atoms with Gasteiger partial charge in [-0.15, -0.1) is 0 Å². The van der Waals surface area contributed by atoms with E-state index in [-0.39, 0.29) is 5.56 Å². The van der Waals surface area contributed by atoms with E-state index in [1.165, 1.54) is 6.07 Å². The number of aromatic nitrogens is 3. The van der Waals surface area contributed by atoms with Crippen molar-refractivity contribution in [2.45, 2.75) is 13.3 Å². The molecule has 84 valence electrons. The zero-order valence-corrected chi connectivity index (χ0v) is 9.32. The van der Waals surface area contributed by atoms with Crippen molar-refractivity contribution in [2.24, 2.45) is 7.05 Å².